The number of hydrogen-bond donors (Lipinski definition) is 1. The SMILES string of the molecule is CN1C(=O)c2cc(Cl)ccc2[C@@H]1CN. The molecule has 2 N–H and O–H groups in total. The molecule has 1 aliphatic rings. The molecule has 1 atom stereocenters. The van der Waals surface area contributed by atoms with Crippen molar-refractivity contribution in [3.05, 3.63) is 34.3 Å². The Morgan fingerprint density at radius 2 is 2.29 bits per heavy atom. The maximum atomic E-state index is 11.7. The number of halogens is 1. The molecular formula is C10H11ClN2O. The average Bonchev–Trinajstić information content (AvgIpc) is 2.41. The van der Waals surface area contributed by atoms with E-state index in [1.54, 1.807) is 24.1 Å². The van der Waals surface area contributed by atoms with Crippen molar-refractivity contribution in [1.82, 2.24) is 4.90 Å². The van der Waals surface area contributed by atoms with Crippen LogP contribution in [0, 0.1) is 0 Å². The fourth-order valence-corrected chi connectivity index (χ4v) is 2.00. The lowest BCUT2D eigenvalue weighted by molar-refractivity contribution is 0.0778. The predicted octanol–water partition coefficient (Wildman–Crippen LogP) is 1.43. The number of nitrogens with two attached hydrogens (primary N) is 1. The van der Waals surface area contributed by atoms with E-state index in [-0.39, 0.29) is 11.9 Å². The standard InChI is InChI=1S/C10H11ClN2O/c1-13-9(5-12)7-3-2-6(11)4-8(7)10(13)14/h2-4,9H,5,12H2,1H3/t9-/m0/s1. The molecule has 0 aliphatic carbocycles. The Balaban J connectivity index is 2.55. The third kappa shape index (κ3) is 1.21. The van der Waals surface area contributed by atoms with Gasteiger partial charge in [0.2, 0.25) is 0 Å². The topological polar surface area (TPSA) is 46.3 Å². The van der Waals surface area contributed by atoms with Crippen LogP contribution in [-0.2, 0) is 0 Å². The van der Waals surface area contributed by atoms with Crippen LogP contribution in [0.15, 0.2) is 18.2 Å². The maximum Gasteiger partial charge on any atom is 0.254 e. The van der Waals surface area contributed by atoms with Crippen LogP contribution in [0.4, 0.5) is 0 Å². The minimum atomic E-state index is -0.00485. The first-order valence-electron chi connectivity index (χ1n) is 4.42. The van der Waals surface area contributed by atoms with Gasteiger partial charge in [-0.05, 0) is 17.7 Å². The van der Waals surface area contributed by atoms with E-state index in [0.717, 1.165) is 5.56 Å². The Bertz CT molecular complexity index is 392. The van der Waals surface area contributed by atoms with Crippen molar-refractivity contribution >= 4 is 17.5 Å². The minimum Gasteiger partial charge on any atom is -0.333 e. The minimum absolute atomic E-state index is 0.00190. The van der Waals surface area contributed by atoms with Crippen LogP contribution >= 0.6 is 11.6 Å². The molecule has 0 unspecified atom stereocenters. The van der Waals surface area contributed by atoms with Gasteiger partial charge in [-0.1, -0.05) is 17.7 Å². The highest BCUT2D eigenvalue weighted by Gasteiger charge is 2.32. The van der Waals surface area contributed by atoms with Gasteiger partial charge >= 0.3 is 0 Å². The van der Waals surface area contributed by atoms with E-state index in [2.05, 4.69) is 0 Å². The molecule has 3 nitrogen and oxygen atoms in total. The highest BCUT2D eigenvalue weighted by molar-refractivity contribution is 6.31. The van der Waals surface area contributed by atoms with Crippen LogP contribution in [-0.4, -0.2) is 24.4 Å². The first-order chi connectivity index (χ1) is 6.65. The zero-order valence-corrected chi connectivity index (χ0v) is 8.58. The number of benzene rings is 1. The highest BCUT2D eigenvalue weighted by atomic mass is 35.5. The smallest absolute Gasteiger partial charge is 0.254 e. The van der Waals surface area contributed by atoms with Crippen molar-refractivity contribution in [3.8, 4) is 0 Å². The van der Waals surface area contributed by atoms with Crippen molar-refractivity contribution in [3.63, 3.8) is 0 Å². The quantitative estimate of drug-likeness (QED) is 0.762. The van der Waals surface area contributed by atoms with Gasteiger partial charge in [-0.15, -0.1) is 0 Å². The summed E-state index contributed by atoms with van der Waals surface area (Å²) in [6.07, 6.45) is 0. The van der Waals surface area contributed by atoms with E-state index < -0.39 is 0 Å². The molecule has 0 radical (unpaired) electrons. The van der Waals surface area contributed by atoms with Crippen LogP contribution in [0.2, 0.25) is 5.02 Å². The fraction of sp³-hybridized carbons (Fsp3) is 0.300. The summed E-state index contributed by atoms with van der Waals surface area (Å²) >= 11 is 5.83. The molecule has 1 aromatic rings. The molecule has 0 fully saturated rings. The van der Waals surface area contributed by atoms with Gasteiger partial charge in [0.15, 0.2) is 0 Å². The second-order valence-electron chi connectivity index (χ2n) is 3.40. The third-order valence-corrected chi connectivity index (χ3v) is 2.85. The van der Waals surface area contributed by atoms with Gasteiger partial charge in [0.25, 0.3) is 5.91 Å². The van der Waals surface area contributed by atoms with Crippen molar-refractivity contribution in [2.24, 2.45) is 5.73 Å². The van der Waals surface area contributed by atoms with Gasteiger partial charge in [0.05, 0.1) is 6.04 Å². The van der Waals surface area contributed by atoms with Gasteiger partial charge in [0.1, 0.15) is 0 Å². The van der Waals surface area contributed by atoms with E-state index in [1.165, 1.54) is 0 Å². The first-order valence-corrected chi connectivity index (χ1v) is 4.79. The first kappa shape index (κ1) is 9.49. The molecule has 0 aromatic heterocycles. The monoisotopic (exact) mass is 210 g/mol. The molecule has 1 heterocycles. The molecule has 1 aliphatic heterocycles. The summed E-state index contributed by atoms with van der Waals surface area (Å²) < 4.78 is 0. The number of hydrogen-bond acceptors (Lipinski definition) is 2. The third-order valence-electron chi connectivity index (χ3n) is 2.62. The van der Waals surface area contributed by atoms with Gasteiger partial charge in [-0.3, -0.25) is 4.79 Å². The van der Waals surface area contributed by atoms with E-state index in [0.29, 0.717) is 17.1 Å². The van der Waals surface area contributed by atoms with Crippen molar-refractivity contribution < 1.29 is 4.79 Å². The average molecular weight is 211 g/mol. The summed E-state index contributed by atoms with van der Waals surface area (Å²) in [5.41, 5.74) is 7.27. The normalized spacial score (nSPS) is 20.1. The van der Waals surface area contributed by atoms with Crippen molar-refractivity contribution in [2.75, 3.05) is 13.6 Å². The zero-order valence-electron chi connectivity index (χ0n) is 7.83. The lowest BCUT2D eigenvalue weighted by atomic mass is 10.1. The Hall–Kier alpha value is -1.06. The molecule has 14 heavy (non-hydrogen) atoms. The van der Waals surface area contributed by atoms with Crippen molar-refractivity contribution in [1.29, 1.82) is 0 Å². The summed E-state index contributed by atoms with van der Waals surface area (Å²) in [5.74, 6) is -0.00190. The van der Waals surface area contributed by atoms with Crippen LogP contribution in [0.1, 0.15) is 22.0 Å². The summed E-state index contributed by atoms with van der Waals surface area (Å²) in [7, 11) is 1.76. The summed E-state index contributed by atoms with van der Waals surface area (Å²) in [4.78, 5) is 13.4. The Morgan fingerprint density at radius 3 is 2.93 bits per heavy atom. The summed E-state index contributed by atoms with van der Waals surface area (Å²) in [6, 6.07) is 5.35. The largest absolute Gasteiger partial charge is 0.333 e. The predicted molar refractivity (Wildman–Crippen MR) is 55.3 cm³/mol. The number of carbonyl (C=O) groups excluding carboxylic acids is 1. The van der Waals surface area contributed by atoms with E-state index in [1.807, 2.05) is 6.07 Å². The lowest BCUT2D eigenvalue weighted by Crippen LogP contribution is -2.28. The van der Waals surface area contributed by atoms with E-state index in [4.69, 9.17) is 17.3 Å². The van der Waals surface area contributed by atoms with Gasteiger partial charge in [-0.2, -0.15) is 0 Å². The molecule has 1 amide bonds. The van der Waals surface area contributed by atoms with E-state index in [9.17, 15) is 4.79 Å². The Morgan fingerprint density at radius 1 is 1.57 bits per heavy atom. The maximum absolute atomic E-state index is 11.7. The zero-order chi connectivity index (χ0) is 10.3. The summed E-state index contributed by atoms with van der Waals surface area (Å²) in [6.45, 7) is 0.441. The molecular weight excluding hydrogens is 200 g/mol. The second-order valence-corrected chi connectivity index (χ2v) is 3.84. The van der Waals surface area contributed by atoms with Crippen LogP contribution < -0.4 is 5.73 Å². The number of likely N-dealkylation sites (N-methyl/N-ethyl adjacent to an activating group) is 1. The lowest BCUT2D eigenvalue weighted by Gasteiger charge is -2.18. The number of amides is 1. The molecule has 2 rings (SSSR count). The Labute approximate surface area is 87.4 Å². The Kier molecular flexibility index (Phi) is 2.21. The van der Waals surface area contributed by atoms with Gasteiger partial charge in [0, 0.05) is 24.2 Å². The van der Waals surface area contributed by atoms with Crippen LogP contribution in [0.25, 0.3) is 0 Å². The molecule has 0 saturated heterocycles. The molecule has 4 heteroatoms. The summed E-state index contributed by atoms with van der Waals surface area (Å²) in [5, 5.41) is 0.586. The molecule has 1 aromatic carbocycles. The highest BCUT2D eigenvalue weighted by Crippen LogP contribution is 2.32. The second kappa shape index (κ2) is 3.26. The number of rotatable bonds is 1. The van der Waals surface area contributed by atoms with Crippen molar-refractivity contribution in [2.45, 2.75) is 6.04 Å². The molecule has 0 saturated carbocycles. The molecule has 0 spiro atoms. The number of carbonyl (C=O) groups is 1. The molecule has 74 valence electrons. The number of fused-ring (bicyclic) bond motifs is 1. The van der Waals surface area contributed by atoms with Crippen LogP contribution in [0.3, 0.4) is 0 Å². The number of nitrogens with zero attached hydrogens (tertiary/aromatic N) is 1. The van der Waals surface area contributed by atoms with Gasteiger partial charge in [-0.25, -0.2) is 0 Å². The van der Waals surface area contributed by atoms with Gasteiger partial charge < -0.3 is 10.6 Å². The van der Waals surface area contributed by atoms with Crippen LogP contribution in [0.5, 0.6) is 0 Å². The molecule has 0 bridgehead atoms. The van der Waals surface area contributed by atoms with E-state index >= 15 is 0 Å². The fourth-order valence-electron chi connectivity index (χ4n) is 1.83.